The zero-order valence-electron chi connectivity index (χ0n) is 13.1. The fourth-order valence-electron chi connectivity index (χ4n) is 2.30. The van der Waals surface area contributed by atoms with Crippen molar-refractivity contribution < 1.29 is 14.3 Å². The van der Waals surface area contributed by atoms with Crippen LogP contribution in [0.15, 0.2) is 23.1 Å². The summed E-state index contributed by atoms with van der Waals surface area (Å²) in [6.45, 7) is 3.35. The van der Waals surface area contributed by atoms with Crippen molar-refractivity contribution in [3.63, 3.8) is 0 Å². The molecular formula is C15H21N3O3S. The SMILES string of the molecule is COCCN1CN(C(=O)Nc2cccc(SC)c2C)CC1=O. The molecular weight excluding hydrogens is 302 g/mol. The number of thioether (sulfide) groups is 1. The van der Waals surface area contributed by atoms with Crippen molar-refractivity contribution in [3.05, 3.63) is 23.8 Å². The van der Waals surface area contributed by atoms with Gasteiger partial charge in [-0.1, -0.05) is 6.07 Å². The van der Waals surface area contributed by atoms with E-state index in [-0.39, 0.29) is 18.5 Å². The highest BCUT2D eigenvalue weighted by molar-refractivity contribution is 7.98. The van der Waals surface area contributed by atoms with Crippen LogP contribution in [0, 0.1) is 6.92 Å². The monoisotopic (exact) mass is 323 g/mol. The lowest BCUT2D eigenvalue weighted by Crippen LogP contribution is -2.35. The molecule has 0 saturated carbocycles. The van der Waals surface area contributed by atoms with E-state index in [1.165, 1.54) is 4.90 Å². The molecule has 1 aromatic rings. The van der Waals surface area contributed by atoms with Gasteiger partial charge in [0.05, 0.1) is 13.3 Å². The predicted octanol–water partition coefficient (Wildman–Crippen LogP) is 2.00. The summed E-state index contributed by atoms with van der Waals surface area (Å²) in [5.74, 6) is -0.0539. The molecule has 1 saturated heterocycles. The van der Waals surface area contributed by atoms with Gasteiger partial charge in [-0.05, 0) is 30.9 Å². The number of ether oxygens (including phenoxy) is 1. The summed E-state index contributed by atoms with van der Waals surface area (Å²) in [6.07, 6.45) is 2.00. The van der Waals surface area contributed by atoms with Gasteiger partial charge in [-0.15, -0.1) is 11.8 Å². The van der Waals surface area contributed by atoms with E-state index in [2.05, 4.69) is 5.32 Å². The number of hydrogen-bond acceptors (Lipinski definition) is 4. The van der Waals surface area contributed by atoms with Crippen LogP contribution in [0.25, 0.3) is 0 Å². The van der Waals surface area contributed by atoms with Crippen LogP contribution in [0.1, 0.15) is 5.56 Å². The van der Waals surface area contributed by atoms with Gasteiger partial charge in [0.1, 0.15) is 6.54 Å². The van der Waals surface area contributed by atoms with Crippen LogP contribution >= 0.6 is 11.8 Å². The second-order valence-electron chi connectivity index (χ2n) is 5.05. The Labute approximate surface area is 134 Å². The number of nitrogens with zero attached hydrogens (tertiary/aromatic N) is 2. The highest BCUT2D eigenvalue weighted by Crippen LogP contribution is 2.26. The third kappa shape index (κ3) is 3.72. The molecule has 22 heavy (non-hydrogen) atoms. The normalized spacial score (nSPS) is 14.6. The van der Waals surface area contributed by atoms with E-state index < -0.39 is 0 Å². The van der Waals surface area contributed by atoms with Crippen LogP contribution in [0.2, 0.25) is 0 Å². The zero-order valence-corrected chi connectivity index (χ0v) is 13.9. The Morgan fingerprint density at radius 2 is 2.23 bits per heavy atom. The van der Waals surface area contributed by atoms with Gasteiger partial charge in [0.15, 0.2) is 0 Å². The molecule has 1 heterocycles. The minimum Gasteiger partial charge on any atom is -0.383 e. The molecule has 1 fully saturated rings. The summed E-state index contributed by atoms with van der Waals surface area (Å²) >= 11 is 1.64. The minimum atomic E-state index is -0.255. The van der Waals surface area contributed by atoms with E-state index in [9.17, 15) is 9.59 Å². The van der Waals surface area contributed by atoms with E-state index in [4.69, 9.17) is 4.74 Å². The maximum Gasteiger partial charge on any atom is 0.323 e. The topological polar surface area (TPSA) is 61.9 Å². The van der Waals surface area contributed by atoms with Crippen LogP contribution in [-0.4, -0.2) is 61.5 Å². The third-order valence-electron chi connectivity index (χ3n) is 3.62. The maximum absolute atomic E-state index is 12.3. The largest absolute Gasteiger partial charge is 0.383 e. The van der Waals surface area contributed by atoms with Gasteiger partial charge in [-0.2, -0.15) is 0 Å². The predicted molar refractivity (Wildman–Crippen MR) is 87.1 cm³/mol. The van der Waals surface area contributed by atoms with Gasteiger partial charge < -0.3 is 15.0 Å². The molecule has 1 aromatic carbocycles. The molecule has 0 unspecified atom stereocenters. The van der Waals surface area contributed by atoms with E-state index in [0.29, 0.717) is 19.8 Å². The average molecular weight is 323 g/mol. The lowest BCUT2D eigenvalue weighted by molar-refractivity contribution is -0.127. The molecule has 3 amide bonds. The van der Waals surface area contributed by atoms with Gasteiger partial charge in [-0.25, -0.2) is 4.79 Å². The second-order valence-corrected chi connectivity index (χ2v) is 5.90. The fraction of sp³-hybridized carbons (Fsp3) is 0.467. The number of hydrogen-bond donors (Lipinski definition) is 1. The molecule has 2 rings (SSSR count). The van der Waals surface area contributed by atoms with Crippen molar-refractivity contribution in [2.75, 3.05) is 45.0 Å². The van der Waals surface area contributed by atoms with Crippen LogP contribution in [0.5, 0.6) is 0 Å². The lowest BCUT2D eigenvalue weighted by Gasteiger charge is -2.19. The number of nitrogens with one attached hydrogen (secondary N) is 1. The number of amides is 3. The standard InChI is InChI=1S/C15H21N3O3S/c1-11-12(5-4-6-13(11)22-3)16-15(20)18-9-14(19)17(10-18)7-8-21-2/h4-6H,7-10H2,1-3H3,(H,16,20). The Balaban J connectivity index is 2.00. The van der Waals surface area contributed by atoms with E-state index in [1.807, 2.05) is 31.4 Å². The lowest BCUT2D eigenvalue weighted by atomic mass is 10.2. The number of benzene rings is 1. The van der Waals surface area contributed by atoms with Gasteiger partial charge in [-0.3, -0.25) is 9.69 Å². The number of carbonyl (C=O) groups excluding carboxylic acids is 2. The molecule has 1 aliphatic heterocycles. The Morgan fingerprint density at radius 1 is 1.45 bits per heavy atom. The third-order valence-corrected chi connectivity index (χ3v) is 4.50. The molecule has 0 atom stereocenters. The van der Waals surface area contributed by atoms with Crippen molar-refractivity contribution in [3.8, 4) is 0 Å². The van der Waals surface area contributed by atoms with E-state index in [0.717, 1.165) is 16.1 Å². The van der Waals surface area contributed by atoms with Crippen molar-refractivity contribution in [2.45, 2.75) is 11.8 Å². The number of anilines is 1. The maximum atomic E-state index is 12.3. The number of carbonyl (C=O) groups is 2. The molecule has 120 valence electrons. The first-order valence-corrected chi connectivity index (χ1v) is 8.25. The van der Waals surface area contributed by atoms with E-state index >= 15 is 0 Å². The molecule has 0 bridgehead atoms. The molecule has 6 nitrogen and oxygen atoms in total. The average Bonchev–Trinajstić information content (AvgIpc) is 2.88. The van der Waals surface area contributed by atoms with Crippen LogP contribution in [0.3, 0.4) is 0 Å². The summed E-state index contributed by atoms with van der Waals surface area (Å²) in [7, 11) is 1.59. The fourth-order valence-corrected chi connectivity index (χ4v) is 2.93. The first-order valence-electron chi connectivity index (χ1n) is 7.03. The Bertz CT molecular complexity index is 565. The summed E-state index contributed by atoms with van der Waals surface area (Å²) < 4.78 is 4.97. The smallest absolute Gasteiger partial charge is 0.323 e. The van der Waals surface area contributed by atoms with Crippen LogP contribution in [0.4, 0.5) is 10.5 Å². The van der Waals surface area contributed by atoms with Crippen molar-refractivity contribution in [1.29, 1.82) is 0 Å². The molecule has 0 aromatic heterocycles. The number of urea groups is 1. The van der Waals surface area contributed by atoms with Gasteiger partial charge in [0.2, 0.25) is 5.91 Å². The summed E-state index contributed by atoms with van der Waals surface area (Å²) in [6, 6.07) is 5.54. The Morgan fingerprint density at radius 3 is 2.91 bits per heavy atom. The van der Waals surface area contributed by atoms with Crippen molar-refractivity contribution in [2.24, 2.45) is 0 Å². The summed E-state index contributed by atoms with van der Waals surface area (Å²) in [4.78, 5) is 28.4. The Kier molecular flexibility index (Phi) is 5.68. The first kappa shape index (κ1) is 16.6. The zero-order chi connectivity index (χ0) is 16.1. The molecule has 1 aliphatic rings. The molecule has 0 radical (unpaired) electrons. The minimum absolute atomic E-state index is 0.0539. The van der Waals surface area contributed by atoms with Crippen molar-refractivity contribution in [1.82, 2.24) is 9.80 Å². The first-order chi connectivity index (χ1) is 10.6. The van der Waals surface area contributed by atoms with Crippen LogP contribution in [-0.2, 0) is 9.53 Å². The highest BCUT2D eigenvalue weighted by atomic mass is 32.2. The van der Waals surface area contributed by atoms with Gasteiger partial charge >= 0.3 is 6.03 Å². The van der Waals surface area contributed by atoms with Crippen molar-refractivity contribution >= 4 is 29.4 Å². The molecule has 7 heteroatoms. The van der Waals surface area contributed by atoms with E-state index in [1.54, 1.807) is 23.8 Å². The quantitative estimate of drug-likeness (QED) is 0.842. The number of rotatable bonds is 5. The second kappa shape index (κ2) is 7.51. The van der Waals surface area contributed by atoms with Crippen LogP contribution < -0.4 is 5.32 Å². The summed E-state index contributed by atoms with van der Waals surface area (Å²) in [5.41, 5.74) is 1.81. The van der Waals surface area contributed by atoms with Gasteiger partial charge in [0.25, 0.3) is 0 Å². The molecule has 0 spiro atoms. The molecule has 0 aliphatic carbocycles. The van der Waals surface area contributed by atoms with Gasteiger partial charge in [0, 0.05) is 24.2 Å². The molecule has 1 N–H and O–H groups in total. The summed E-state index contributed by atoms with van der Waals surface area (Å²) in [5, 5.41) is 2.89. The number of methoxy groups -OCH3 is 1. The Hall–Kier alpha value is -1.73. The highest BCUT2D eigenvalue weighted by Gasteiger charge is 2.30.